The summed E-state index contributed by atoms with van der Waals surface area (Å²) in [7, 11) is 0. The van der Waals surface area contributed by atoms with Crippen molar-refractivity contribution in [2.24, 2.45) is 0 Å². The number of ether oxygens (including phenoxy) is 2. The Morgan fingerprint density at radius 3 is 2.48 bits per heavy atom. The van der Waals surface area contributed by atoms with Crippen LogP contribution in [0.3, 0.4) is 0 Å². The average molecular weight is 354 g/mol. The van der Waals surface area contributed by atoms with Crippen molar-refractivity contribution in [3.63, 3.8) is 0 Å². The SMILES string of the molecule is CCOc1ccc([C@H](C)NC(=O)c2ccc(Cl)s2)cc1OCC. The van der Waals surface area contributed by atoms with Gasteiger partial charge < -0.3 is 14.8 Å². The van der Waals surface area contributed by atoms with Crippen molar-refractivity contribution >= 4 is 28.8 Å². The van der Waals surface area contributed by atoms with Gasteiger partial charge in [0, 0.05) is 0 Å². The zero-order valence-electron chi connectivity index (χ0n) is 13.4. The molecule has 124 valence electrons. The zero-order valence-corrected chi connectivity index (χ0v) is 15.0. The van der Waals surface area contributed by atoms with Crippen LogP contribution in [0.15, 0.2) is 30.3 Å². The number of amides is 1. The van der Waals surface area contributed by atoms with Crippen LogP contribution in [0, 0.1) is 0 Å². The van der Waals surface area contributed by atoms with Crippen molar-refractivity contribution in [3.05, 3.63) is 45.1 Å². The highest BCUT2D eigenvalue weighted by molar-refractivity contribution is 7.17. The Kier molecular flexibility index (Phi) is 6.30. The lowest BCUT2D eigenvalue weighted by atomic mass is 10.1. The third kappa shape index (κ3) is 4.62. The minimum atomic E-state index is -0.154. The second-order valence-corrected chi connectivity index (χ2v) is 6.59. The molecule has 6 heteroatoms. The molecule has 0 aliphatic heterocycles. The van der Waals surface area contributed by atoms with E-state index < -0.39 is 0 Å². The van der Waals surface area contributed by atoms with Crippen LogP contribution >= 0.6 is 22.9 Å². The van der Waals surface area contributed by atoms with Crippen LogP contribution < -0.4 is 14.8 Å². The van der Waals surface area contributed by atoms with Crippen molar-refractivity contribution in [1.82, 2.24) is 5.32 Å². The Hall–Kier alpha value is -1.72. The molecule has 0 fully saturated rings. The van der Waals surface area contributed by atoms with Crippen molar-refractivity contribution in [2.75, 3.05) is 13.2 Å². The molecule has 1 aromatic heterocycles. The second-order valence-electron chi connectivity index (χ2n) is 4.87. The molecule has 0 radical (unpaired) electrons. The van der Waals surface area contributed by atoms with Gasteiger partial charge in [0.1, 0.15) is 0 Å². The lowest BCUT2D eigenvalue weighted by molar-refractivity contribution is 0.0944. The molecule has 0 bridgehead atoms. The van der Waals surface area contributed by atoms with Gasteiger partial charge in [0.25, 0.3) is 5.91 Å². The first-order chi connectivity index (χ1) is 11.0. The number of carbonyl (C=O) groups is 1. The van der Waals surface area contributed by atoms with E-state index in [9.17, 15) is 4.79 Å². The largest absolute Gasteiger partial charge is 0.490 e. The van der Waals surface area contributed by atoms with Gasteiger partial charge in [-0.2, -0.15) is 0 Å². The standard InChI is InChI=1S/C17H20ClNO3S/c1-4-21-13-7-6-12(10-14(13)22-5-2)11(3)19-17(20)15-8-9-16(18)23-15/h6-11H,4-5H2,1-3H3,(H,19,20)/t11-/m0/s1. The lowest BCUT2D eigenvalue weighted by Crippen LogP contribution is -2.25. The fourth-order valence-corrected chi connectivity index (χ4v) is 3.07. The fourth-order valence-electron chi connectivity index (χ4n) is 2.12. The molecular formula is C17H20ClNO3S. The van der Waals surface area contributed by atoms with E-state index in [0.29, 0.717) is 33.9 Å². The molecule has 2 aromatic rings. The number of nitrogens with one attached hydrogen (secondary N) is 1. The molecule has 0 aliphatic carbocycles. The monoisotopic (exact) mass is 353 g/mol. The minimum Gasteiger partial charge on any atom is -0.490 e. The normalized spacial score (nSPS) is 11.8. The molecule has 0 saturated carbocycles. The van der Waals surface area contributed by atoms with Gasteiger partial charge in [-0.1, -0.05) is 17.7 Å². The summed E-state index contributed by atoms with van der Waals surface area (Å²) >= 11 is 7.13. The number of benzene rings is 1. The van der Waals surface area contributed by atoms with Gasteiger partial charge in [0.2, 0.25) is 0 Å². The highest BCUT2D eigenvalue weighted by atomic mass is 35.5. The second kappa shape index (κ2) is 8.22. The van der Waals surface area contributed by atoms with Gasteiger partial charge in [-0.15, -0.1) is 11.3 Å². The topological polar surface area (TPSA) is 47.6 Å². The van der Waals surface area contributed by atoms with Gasteiger partial charge in [0.05, 0.1) is 28.5 Å². The molecule has 0 saturated heterocycles. The van der Waals surface area contributed by atoms with Gasteiger partial charge in [-0.25, -0.2) is 0 Å². The van der Waals surface area contributed by atoms with Crippen molar-refractivity contribution in [1.29, 1.82) is 0 Å². The molecule has 1 atom stereocenters. The number of halogens is 1. The van der Waals surface area contributed by atoms with Crippen LogP contribution in [0.25, 0.3) is 0 Å². The van der Waals surface area contributed by atoms with E-state index in [0.717, 1.165) is 5.56 Å². The fraction of sp³-hybridized carbons (Fsp3) is 0.353. The molecule has 0 unspecified atom stereocenters. The lowest BCUT2D eigenvalue weighted by Gasteiger charge is -2.17. The number of hydrogen-bond donors (Lipinski definition) is 1. The number of carbonyl (C=O) groups excluding carboxylic acids is 1. The van der Waals surface area contributed by atoms with Crippen LogP contribution in [0.2, 0.25) is 4.34 Å². The first-order valence-electron chi connectivity index (χ1n) is 7.50. The zero-order chi connectivity index (χ0) is 16.8. The summed E-state index contributed by atoms with van der Waals surface area (Å²) in [6.45, 7) is 6.91. The predicted molar refractivity (Wildman–Crippen MR) is 94.0 cm³/mol. The minimum absolute atomic E-state index is 0.138. The van der Waals surface area contributed by atoms with Crippen LogP contribution in [-0.2, 0) is 0 Å². The highest BCUT2D eigenvalue weighted by Crippen LogP contribution is 2.31. The summed E-state index contributed by atoms with van der Waals surface area (Å²) in [6, 6.07) is 8.99. The van der Waals surface area contributed by atoms with Crippen LogP contribution in [0.5, 0.6) is 11.5 Å². The maximum atomic E-state index is 12.2. The maximum Gasteiger partial charge on any atom is 0.261 e. The molecule has 1 N–H and O–H groups in total. The van der Waals surface area contributed by atoms with Gasteiger partial charge in [-0.05, 0) is 50.6 Å². The van der Waals surface area contributed by atoms with Crippen molar-refractivity contribution in [2.45, 2.75) is 26.8 Å². The highest BCUT2D eigenvalue weighted by Gasteiger charge is 2.15. The van der Waals surface area contributed by atoms with Crippen LogP contribution in [-0.4, -0.2) is 19.1 Å². The average Bonchev–Trinajstić information content (AvgIpc) is 2.96. The molecular weight excluding hydrogens is 334 g/mol. The van der Waals surface area contributed by atoms with Gasteiger partial charge in [0.15, 0.2) is 11.5 Å². The third-order valence-corrected chi connectivity index (χ3v) is 4.44. The van der Waals surface area contributed by atoms with Crippen molar-refractivity contribution in [3.8, 4) is 11.5 Å². The molecule has 1 heterocycles. The Labute approximate surface area is 145 Å². The van der Waals surface area contributed by atoms with E-state index in [1.165, 1.54) is 11.3 Å². The van der Waals surface area contributed by atoms with E-state index in [4.69, 9.17) is 21.1 Å². The molecule has 23 heavy (non-hydrogen) atoms. The summed E-state index contributed by atoms with van der Waals surface area (Å²) in [4.78, 5) is 12.8. The summed E-state index contributed by atoms with van der Waals surface area (Å²) in [6.07, 6.45) is 0. The van der Waals surface area contributed by atoms with E-state index in [2.05, 4.69) is 5.32 Å². The number of rotatable bonds is 7. The molecule has 4 nitrogen and oxygen atoms in total. The maximum absolute atomic E-state index is 12.2. The van der Waals surface area contributed by atoms with Crippen LogP contribution in [0.4, 0.5) is 0 Å². The Balaban J connectivity index is 2.13. The molecule has 0 spiro atoms. The quantitative estimate of drug-likeness (QED) is 0.785. The number of hydrogen-bond acceptors (Lipinski definition) is 4. The predicted octanol–water partition coefficient (Wildman–Crippen LogP) is 4.69. The Morgan fingerprint density at radius 1 is 1.17 bits per heavy atom. The van der Waals surface area contributed by atoms with Crippen molar-refractivity contribution < 1.29 is 14.3 Å². The molecule has 1 aromatic carbocycles. The van der Waals surface area contributed by atoms with E-state index in [1.807, 2.05) is 39.0 Å². The summed E-state index contributed by atoms with van der Waals surface area (Å²) in [5.74, 6) is 1.26. The van der Waals surface area contributed by atoms with Gasteiger partial charge in [-0.3, -0.25) is 4.79 Å². The molecule has 0 aliphatic rings. The van der Waals surface area contributed by atoms with E-state index in [1.54, 1.807) is 12.1 Å². The van der Waals surface area contributed by atoms with E-state index in [-0.39, 0.29) is 11.9 Å². The molecule has 2 rings (SSSR count). The molecule has 1 amide bonds. The Bertz CT molecular complexity index is 672. The number of thiophene rings is 1. The Morgan fingerprint density at radius 2 is 1.87 bits per heavy atom. The third-order valence-electron chi connectivity index (χ3n) is 3.21. The first-order valence-corrected chi connectivity index (χ1v) is 8.70. The summed E-state index contributed by atoms with van der Waals surface area (Å²) in [5, 5.41) is 2.96. The van der Waals surface area contributed by atoms with Gasteiger partial charge >= 0.3 is 0 Å². The first kappa shape index (κ1) is 17.6. The van der Waals surface area contributed by atoms with Crippen LogP contribution in [0.1, 0.15) is 42.0 Å². The summed E-state index contributed by atoms with van der Waals surface area (Å²) < 4.78 is 11.8. The van der Waals surface area contributed by atoms with E-state index >= 15 is 0 Å². The smallest absolute Gasteiger partial charge is 0.261 e. The summed E-state index contributed by atoms with van der Waals surface area (Å²) in [5.41, 5.74) is 0.952.